The monoisotopic (exact) mass is 370 g/mol. The van der Waals surface area contributed by atoms with Crippen LogP contribution in [0.1, 0.15) is 41.1 Å². The molecule has 0 bridgehead atoms. The minimum atomic E-state index is -0.730. The number of aryl methyl sites for hydroxylation is 1. The molecule has 0 fully saturated rings. The first-order valence-corrected chi connectivity index (χ1v) is 8.49. The second-order valence-corrected chi connectivity index (χ2v) is 7.03. The van der Waals surface area contributed by atoms with Crippen LogP contribution in [0.2, 0.25) is 0 Å². The standard InChI is InChI=1S/C20H22N2O5/c1-11-15(18(21)24)16-13(27-11)6-7-14(17(16)20(2,3)10-23)26-9-12-5-4-8-22-19(12)25/h4-8,23H,9-10H2,1-3H3,(H2,21,24)(H,22,25). The Bertz CT molecular complexity index is 1010. The van der Waals surface area contributed by atoms with Crippen molar-refractivity contribution < 1.29 is 24.2 Å². The Labute approximate surface area is 156 Å². The highest BCUT2D eigenvalue weighted by atomic mass is 16.5. The largest absolute Gasteiger partial charge is 0.493 e. The Hall–Kier alpha value is -3.06. The molecule has 3 aromatic rings. The number of ether oxygens (including phenoxy) is 1. The average molecular weight is 370 g/mol. The van der Waals surface area contributed by atoms with Crippen LogP contribution in [0.15, 0.2) is 34.9 Å². The lowest BCUT2D eigenvalue weighted by Gasteiger charge is -2.26. The van der Waals surface area contributed by atoms with Crippen molar-refractivity contribution in [3.8, 4) is 11.6 Å². The molecule has 0 aliphatic heterocycles. The molecule has 0 unspecified atom stereocenters. The Morgan fingerprint density at radius 3 is 2.70 bits per heavy atom. The van der Waals surface area contributed by atoms with Gasteiger partial charge in [0, 0.05) is 22.6 Å². The molecule has 7 nitrogen and oxygen atoms in total. The van der Waals surface area contributed by atoms with Crippen molar-refractivity contribution in [3.63, 3.8) is 0 Å². The van der Waals surface area contributed by atoms with Crippen LogP contribution in [0.3, 0.4) is 0 Å². The Morgan fingerprint density at radius 2 is 2.07 bits per heavy atom. The number of benzene rings is 1. The molecule has 0 radical (unpaired) electrons. The summed E-state index contributed by atoms with van der Waals surface area (Å²) in [5, 5.41) is 20.3. The van der Waals surface area contributed by atoms with Gasteiger partial charge in [-0.15, -0.1) is 0 Å². The maximum absolute atomic E-state index is 12.0. The van der Waals surface area contributed by atoms with E-state index < -0.39 is 11.3 Å². The van der Waals surface area contributed by atoms with Gasteiger partial charge < -0.3 is 25.1 Å². The van der Waals surface area contributed by atoms with E-state index in [4.69, 9.17) is 14.9 Å². The summed E-state index contributed by atoms with van der Waals surface area (Å²) in [6.07, 6.45) is 1.48. The van der Waals surface area contributed by atoms with Gasteiger partial charge in [-0.2, -0.15) is 0 Å². The minimum Gasteiger partial charge on any atom is -0.493 e. The molecular weight excluding hydrogens is 348 g/mol. The van der Waals surface area contributed by atoms with E-state index in [1.165, 1.54) is 6.20 Å². The maximum Gasteiger partial charge on any atom is 0.252 e. The van der Waals surface area contributed by atoms with Crippen LogP contribution in [0.4, 0.5) is 0 Å². The molecule has 0 spiro atoms. The number of hydrogen-bond donors (Lipinski definition) is 3. The number of pyridine rings is 1. The highest BCUT2D eigenvalue weighted by Crippen LogP contribution is 2.41. The summed E-state index contributed by atoms with van der Waals surface area (Å²) in [6.45, 7) is 5.24. The lowest BCUT2D eigenvalue weighted by molar-refractivity contribution is 0.1000. The topological polar surface area (TPSA) is 119 Å². The third kappa shape index (κ3) is 3.33. The number of aromatic hydroxyl groups is 1. The molecule has 0 aliphatic carbocycles. The first-order chi connectivity index (χ1) is 12.8. The first kappa shape index (κ1) is 18.7. The number of aliphatic hydroxyl groups excluding tert-OH is 1. The number of rotatable bonds is 6. The smallest absolute Gasteiger partial charge is 0.252 e. The molecule has 1 aromatic carbocycles. The summed E-state index contributed by atoms with van der Waals surface area (Å²) in [7, 11) is 0. The van der Waals surface area contributed by atoms with Crippen LogP contribution >= 0.6 is 0 Å². The number of nitrogens with two attached hydrogens (primary N) is 1. The fourth-order valence-corrected chi connectivity index (χ4v) is 3.16. The number of aromatic nitrogens is 1. The fourth-order valence-electron chi connectivity index (χ4n) is 3.16. The van der Waals surface area contributed by atoms with Crippen LogP contribution in [-0.2, 0) is 12.0 Å². The van der Waals surface area contributed by atoms with E-state index in [-0.39, 0.29) is 24.7 Å². The third-order valence-electron chi connectivity index (χ3n) is 4.56. The van der Waals surface area contributed by atoms with Crippen LogP contribution in [0, 0.1) is 6.92 Å². The van der Waals surface area contributed by atoms with E-state index in [2.05, 4.69) is 4.98 Å². The first-order valence-electron chi connectivity index (χ1n) is 8.49. The molecule has 1 amide bonds. The van der Waals surface area contributed by atoms with Crippen LogP contribution in [-0.4, -0.2) is 27.7 Å². The second-order valence-electron chi connectivity index (χ2n) is 7.03. The van der Waals surface area contributed by atoms with E-state index in [0.29, 0.717) is 33.6 Å². The summed E-state index contributed by atoms with van der Waals surface area (Å²) in [4.78, 5) is 15.8. The van der Waals surface area contributed by atoms with Crippen LogP contribution < -0.4 is 10.5 Å². The number of primary amides is 1. The number of aliphatic hydroxyl groups is 1. The molecule has 0 atom stereocenters. The van der Waals surface area contributed by atoms with E-state index in [1.807, 2.05) is 13.8 Å². The number of hydrogen-bond acceptors (Lipinski definition) is 6. The molecular formula is C20H22N2O5. The van der Waals surface area contributed by atoms with Crippen molar-refractivity contribution in [2.75, 3.05) is 6.61 Å². The van der Waals surface area contributed by atoms with Crippen molar-refractivity contribution >= 4 is 16.9 Å². The van der Waals surface area contributed by atoms with Gasteiger partial charge in [-0.3, -0.25) is 4.79 Å². The van der Waals surface area contributed by atoms with Crippen molar-refractivity contribution in [2.24, 2.45) is 5.73 Å². The number of carbonyl (C=O) groups excluding carboxylic acids is 1. The normalized spacial score (nSPS) is 11.7. The molecule has 0 saturated carbocycles. The lowest BCUT2D eigenvalue weighted by atomic mass is 9.81. The highest BCUT2D eigenvalue weighted by Gasteiger charge is 2.31. The molecule has 2 aromatic heterocycles. The molecule has 3 rings (SSSR count). The highest BCUT2D eigenvalue weighted by molar-refractivity contribution is 6.08. The van der Waals surface area contributed by atoms with Gasteiger partial charge in [-0.25, -0.2) is 4.98 Å². The summed E-state index contributed by atoms with van der Waals surface area (Å²) >= 11 is 0. The number of nitrogens with zero attached hydrogens (tertiary/aromatic N) is 1. The van der Waals surface area contributed by atoms with Crippen molar-refractivity contribution in [1.29, 1.82) is 0 Å². The van der Waals surface area contributed by atoms with Gasteiger partial charge in [0.25, 0.3) is 5.91 Å². The third-order valence-corrected chi connectivity index (χ3v) is 4.56. The van der Waals surface area contributed by atoms with Gasteiger partial charge in [0.1, 0.15) is 23.7 Å². The van der Waals surface area contributed by atoms with E-state index in [1.54, 1.807) is 31.2 Å². The molecule has 0 aliphatic rings. The predicted molar refractivity (Wildman–Crippen MR) is 99.8 cm³/mol. The molecule has 27 heavy (non-hydrogen) atoms. The van der Waals surface area contributed by atoms with Gasteiger partial charge >= 0.3 is 0 Å². The zero-order valence-electron chi connectivity index (χ0n) is 15.4. The number of furan rings is 1. The Kier molecular flexibility index (Phi) is 4.80. The summed E-state index contributed by atoms with van der Waals surface area (Å²) < 4.78 is 11.6. The number of carbonyl (C=O) groups is 1. The quantitative estimate of drug-likeness (QED) is 0.614. The minimum absolute atomic E-state index is 0.0719. The van der Waals surface area contributed by atoms with Crippen LogP contribution in [0.25, 0.3) is 11.0 Å². The Balaban J connectivity index is 2.17. The van der Waals surface area contributed by atoms with Crippen molar-refractivity contribution in [3.05, 3.63) is 52.9 Å². The molecule has 7 heteroatoms. The Morgan fingerprint density at radius 1 is 1.33 bits per heavy atom. The molecule has 2 heterocycles. The summed E-state index contributed by atoms with van der Waals surface area (Å²) in [6, 6.07) is 6.82. The van der Waals surface area contributed by atoms with E-state index in [9.17, 15) is 15.0 Å². The van der Waals surface area contributed by atoms with Gasteiger partial charge in [0.05, 0.1) is 17.7 Å². The summed E-state index contributed by atoms with van der Waals surface area (Å²) in [5.74, 6) is 0.157. The lowest BCUT2D eigenvalue weighted by Crippen LogP contribution is -2.24. The van der Waals surface area contributed by atoms with E-state index in [0.717, 1.165) is 0 Å². The predicted octanol–water partition coefficient (Wildman–Crippen LogP) is 2.79. The number of amides is 1. The van der Waals surface area contributed by atoms with Crippen LogP contribution in [0.5, 0.6) is 11.6 Å². The zero-order chi connectivity index (χ0) is 19.8. The van der Waals surface area contributed by atoms with Gasteiger partial charge in [-0.05, 0) is 31.2 Å². The van der Waals surface area contributed by atoms with Gasteiger partial charge in [-0.1, -0.05) is 13.8 Å². The van der Waals surface area contributed by atoms with E-state index >= 15 is 0 Å². The SMILES string of the molecule is Cc1oc2ccc(OCc3cccnc3O)c(C(C)(C)CO)c2c1C(N)=O. The molecule has 0 saturated heterocycles. The fraction of sp³-hybridized carbons (Fsp3) is 0.300. The average Bonchev–Trinajstić information content (AvgIpc) is 2.96. The van der Waals surface area contributed by atoms with Gasteiger partial charge in [0.2, 0.25) is 5.88 Å². The molecule has 142 valence electrons. The number of fused-ring (bicyclic) bond motifs is 1. The molecule has 4 N–H and O–H groups in total. The second kappa shape index (κ2) is 6.92. The van der Waals surface area contributed by atoms with Crippen molar-refractivity contribution in [2.45, 2.75) is 32.8 Å². The summed E-state index contributed by atoms with van der Waals surface area (Å²) in [5.41, 5.74) is 6.75. The maximum atomic E-state index is 12.0. The zero-order valence-corrected chi connectivity index (χ0v) is 15.4. The van der Waals surface area contributed by atoms with Crippen molar-refractivity contribution in [1.82, 2.24) is 4.98 Å². The van der Waals surface area contributed by atoms with Gasteiger partial charge in [0.15, 0.2) is 0 Å².